The van der Waals surface area contributed by atoms with E-state index in [1.807, 2.05) is 0 Å². The Morgan fingerprint density at radius 2 is 2.38 bits per heavy atom. The molecule has 0 aromatic rings. The molecule has 0 aromatic heterocycles. The van der Waals surface area contributed by atoms with Crippen LogP contribution in [0.2, 0.25) is 0 Å². The minimum Gasteiger partial charge on any atom is -0.282 e. The number of hydrogen-bond acceptors (Lipinski definition) is 3. The van der Waals surface area contributed by atoms with E-state index in [2.05, 4.69) is 4.28 Å². The van der Waals surface area contributed by atoms with Crippen LogP contribution in [0.4, 0.5) is 0 Å². The molecular formula is C2H5NO4S. The Balaban J connectivity index is 3.18. The number of rotatable bonds is 2. The van der Waals surface area contributed by atoms with E-state index in [9.17, 15) is 9.00 Å². The third kappa shape index (κ3) is 5.54. The molecular weight excluding hydrogens is 134 g/mol. The molecule has 2 N–H and O–H groups in total. The third-order valence-corrected chi connectivity index (χ3v) is 0.483. The second kappa shape index (κ2) is 3.53. The molecule has 0 rings (SSSR count). The number of carbonyl (C=O) groups excluding carboxylic acids is 1. The van der Waals surface area contributed by atoms with Crippen LogP contribution in [0.15, 0.2) is 0 Å². The lowest BCUT2D eigenvalue weighted by Crippen LogP contribution is -2.20. The zero-order valence-corrected chi connectivity index (χ0v) is 4.90. The Labute approximate surface area is 48.5 Å². The first-order chi connectivity index (χ1) is 3.63. The maximum Gasteiger partial charge on any atom is 0.324 e. The molecule has 5 nitrogen and oxygen atoms in total. The first-order valence-electron chi connectivity index (χ1n) is 1.67. The summed E-state index contributed by atoms with van der Waals surface area (Å²) in [7, 11) is 0. The number of carbonyl (C=O) groups is 1. The minimum absolute atomic E-state index is 0.521. The molecule has 1 atom stereocenters. The minimum atomic E-state index is -2.42. The average Bonchev–Trinajstić information content (AvgIpc) is 1.61. The molecule has 0 bridgehead atoms. The van der Waals surface area contributed by atoms with Crippen LogP contribution in [0.3, 0.4) is 0 Å². The van der Waals surface area contributed by atoms with Crippen molar-refractivity contribution in [2.45, 2.75) is 6.92 Å². The Morgan fingerprint density at radius 3 is 2.50 bits per heavy atom. The van der Waals surface area contributed by atoms with Crippen molar-refractivity contribution in [3.63, 3.8) is 0 Å². The number of nitrogens with one attached hydrogen (secondary N) is 1. The zero-order chi connectivity index (χ0) is 6.57. The van der Waals surface area contributed by atoms with Crippen molar-refractivity contribution in [3.05, 3.63) is 0 Å². The molecule has 1 amide bonds. The fourth-order valence-electron chi connectivity index (χ4n) is 0.0943. The van der Waals surface area contributed by atoms with E-state index in [0.717, 1.165) is 6.92 Å². The van der Waals surface area contributed by atoms with Gasteiger partial charge in [-0.2, -0.15) is 4.21 Å². The van der Waals surface area contributed by atoms with Crippen molar-refractivity contribution in [1.82, 2.24) is 5.48 Å². The van der Waals surface area contributed by atoms with Gasteiger partial charge in [-0.15, -0.1) is 4.28 Å². The lowest BCUT2D eigenvalue weighted by atomic mass is 10.8. The normalized spacial score (nSPS) is 12.8. The predicted molar refractivity (Wildman–Crippen MR) is 25.7 cm³/mol. The van der Waals surface area contributed by atoms with E-state index in [1.54, 1.807) is 5.48 Å². The van der Waals surface area contributed by atoms with Crippen LogP contribution in [0, 0.1) is 0 Å². The van der Waals surface area contributed by atoms with Crippen LogP contribution >= 0.6 is 0 Å². The predicted octanol–water partition coefficient (Wildman–Crippen LogP) is -0.809. The van der Waals surface area contributed by atoms with Gasteiger partial charge in [-0.05, 0) is 0 Å². The van der Waals surface area contributed by atoms with Crippen LogP contribution in [0.5, 0.6) is 0 Å². The standard InChI is InChI=1S/C2H5NO4S/c1-2(4)3-7-8(5)6/h1H3,(H,3,4)(H,5,6). The molecule has 0 aliphatic heterocycles. The first-order valence-corrected chi connectivity index (χ1v) is 2.71. The Bertz CT molecular complexity index is 98.6. The molecule has 0 aliphatic carbocycles. The molecule has 8 heavy (non-hydrogen) atoms. The number of hydroxylamine groups is 1. The average molecular weight is 139 g/mol. The van der Waals surface area contributed by atoms with Crippen molar-refractivity contribution in [2.75, 3.05) is 0 Å². The Kier molecular flexibility index (Phi) is 3.33. The van der Waals surface area contributed by atoms with Gasteiger partial charge < -0.3 is 0 Å². The Morgan fingerprint density at radius 1 is 1.88 bits per heavy atom. The summed E-state index contributed by atoms with van der Waals surface area (Å²) in [6.45, 7) is 1.16. The maximum absolute atomic E-state index is 9.87. The first kappa shape index (κ1) is 7.54. The third-order valence-electron chi connectivity index (χ3n) is 0.257. The summed E-state index contributed by atoms with van der Waals surface area (Å²) < 4.78 is 21.1. The molecule has 0 aliphatic rings. The summed E-state index contributed by atoms with van der Waals surface area (Å²) in [5.74, 6) is -0.521. The van der Waals surface area contributed by atoms with E-state index < -0.39 is 17.3 Å². The molecule has 0 aromatic carbocycles. The van der Waals surface area contributed by atoms with Gasteiger partial charge in [-0.25, -0.2) is 5.48 Å². The molecule has 0 spiro atoms. The van der Waals surface area contributed by atoms with Gasteiger partial charge in [0.15, 0.2) is 0 Å². The molecule has 6 heteroatoms. The van der Waals surface area contributed by atoms with E-state index >= 15 is 0 Å². The number of hydrogen-bond donors (Lipinski definition) is 2. The van der Waals surface area contributed by atoms with Crippen molar-refractivity contribution in [1.29, 1.82) is 0 Å². The highest BCUT2D eigenvalue weighted by Gasteiger charge is 1.92. The van der Waals surface area contributed by atoms with Crippen molar-refractivity contribution in [3.8, 4) is 0 Å². The molecule has 0 heterocycles. The van der Waals surface area contributed by atoms with E-state index in [-0.39, 0.29) is 0 Å². The second-order valence-corrected chi connectivity index (χ2v) is 1.56. The maximum atomic E-state index is 9.87. The van der Waals surface area contributed by atoms with Crippen LogP contribution < -0.4 is 5.48 Å². The van der Waals surface area contributed by atoms with Crippen molar-refractivity contribution in [2.24, 2.45) is 0 Å². The molecule has 0 fully saturated rings. The van der Waals surface area contributed by atoms with E-state index in [0.29, 0.717) is 0 Å². The summed E-state index contributed by atoms with van der Waals surface area (Å²) in [6.07, 6.45) is 0. The fourth-order valence-corrected chi connectivity index (χ4v) is 0.283. The van der Waals surface area contributed by atoms with Crippen LogP contribution in [0.1, 0.15) is 6.92 Å². The van der Waals surface area contributed by atoms with E-state index in [1.165, 1.54) is 0 Å². The number of amides is 1. The van der Waals surface area contributed by atoms with Gasteiger partial charge in [0.25, 0.3) is 0 Å². The summed E-state index contributed by atoms with van der Waals surface area (Å²) in [5.41, 5.74) is 1.66. The summed E-state index contributed by atoms with van der Waals surface area (Å²) in [5, 5.41) is 0. The van der Waals surface area contributed by atoms with Gasteiger partial charge in [0.05, 0.1) is 0 Å². The van der Waals surface area contributed by atoms with Crippen molar-refractivity contribution >= 4 is 17.3 Å². The monoisotopic (exact) mass is 139 g/mol. The molecule has 48 valence electrons. The molecule has 0 saturated heterocycles. The topological polar surface area (TPSA) is 75.6 Å². The van der Waals surface area contributed by atoms with Crippen LogP contribution in [-0.4, -0.2) is 14.7 Å². The molecule has 1 unspecified atom stereocenters. The Hall–Kier alpha value is -0.460. The van der Waals surface area contributed by atoms with Gasteiger partial charge in [0.2, 0.25) is 5.91 Å². The summed E-state index contributed by atoms with van der Waals surface area (Å²) >= 11 is -2.42. The lowest BCUT2D eigenvalue weighted by molar-refractivity contribution is -0.125. The summed E-state index contributed by atoms with van der Waals surface area (Å²) in [6, 6.07) is 0. The van der Waals surface area contributed by atoms with Gasteiger partial charge >= 0.3 is 11.4 Å². The SMILES string of the molecule is CC(=O)NOS(=O)O. The van der Waals surface area contributed by atoms with Gasteiger partial charge in [0.1, 0.15) is 0 Å². The largest absolute Gasteiger partial charge is 0.324 e. The fraction of sp³-hybridized carbons (Fsp3) is 0.500. The smallest absolute Gasteiger partial charge is 0.282 e. The van der Waals surface area contributed by atoms with E-state index in [4.69, 9.17) is 4.55 Å². The van der Waals surface area contributed by atoms with Gasteiger partial charge in [-0.3, -0.25) is 9.35 Å². The lowest BCUT2D eigenvalue weighted by Gasteiger charge is -1.92. The highest BCUT2D eigenvalue weighted by molar-refractivity contribution is 7.74. The quantitative estimate of drug-likeness (QED) is 0.387. The zero-order valence-electron chi connectivity index (χ0n) is 4.08. The highest BCUT2D eigenvalue weighted by atomic mass is 32.2. The highest BCUT2D eigenvalue weighted by Crippen LogP contribution is 1.69. The molecule has 0 saturated carbocycles. The van der Waals surface area contributed by atoms with Crippen LogP contribution in [0.25, 0.3) is 0 Å². The second-order valence-electron chi connectivity index (χ2n) is 0.959. The van der Waals surface area contributed by atoms with Gasteiger partial charge in [-0.1, -0.05) is 0 Å². The van der Waals surface area contributed by atoms with Crippen molar-refractivity contribution < 1.29 is 17.8 Å². The summed E-state index contributed by atoms with van der Waals surface area (Å²) in [4.78, 5) is 9.87. The molecule has 0 radical (unpaired) electrons. The van der Waals surface area contributed by atoms with Gasteiger partial charge in [0, 0.05) is 6.92 Å². The van der Waals surface area contributed by atoms with Crippen LogP contribution in [-0.2, 0) is 20.4 Å².